The van der Waals surface area contributed by atoms with Gasteiger partial charge in [0.1, 0.15) is 11.6 Å². The zero-order valence-corrected chi connectivity index (χ0v) is 9.59. The van der Waals surface area contributed by atoms with Gasteiger partial charge < -0.3 is 0 Å². The fraction of sp³-hybridized carbons (Fsp3) is 0.462. The van der Waals surface area contributed by atoms with Gasteiger partial charge in [-0.05, 0) is 18.1 Å². The molecule has 0 radical (unpaired) electrons. The van der Waals surface area contributed by atoms with Gasteiger partial charge in [-0.2, -0.15) is 0 Å². The van der Waals surface area contributed by atoms with Crippen molar-refractivity contribution in [2.75, 3.05) is 0 Å². The Bertz CT molecular complexity index is 350. The highest BCUT2D eigenvalue weighted by Crippen LogP contribution is 2.17. The van der Waals surface area contributed by atoms with E-state index in [0.29, 0.717) is 12.3 Å². The first-order valence-corrected chi connectivity index (χ1v) is 5.56. The maximum absolute atomic E-state index is 12.9. The van der Waals surface area contributed by atoms with Crippen molar-refractivity contribution in [2.24, 2.45) is 5.92 Å². The lowest BCUT2D eigenvalue weighted by Gasteiger charge is -2.10. The Labute approximate surface area is 94.5 Å². The molecule has 1 aromatic rings. The summed E-state index contributed by atoms with van der Waals surface area (Å²) in [5.41, 5.74) is 0.129. The van der Waals surface area contributed by atoms with Crippen molar-refractivity contribution in [1.29, 1.82) is 0 Å². The first-order valence-electron chi connectivity index (χ1n) is 5.56. The Morgan fingerprint density at radius 3 is 2.06 bits per heavy atom. The van der Waals surface area contributed by atoms with Crippen LogP contribution in [-0.2, 0) is 0 Å². The number of Topliss-reactive ketones (excluding diaryl/α,β-unsaturated/α-hetero) is 1. The first-order chi connectivity index (χ1) is 7.56. The molecule has 0 unspecified atom stereocenters. The molecule has 16 heavy (non-hydrogen) atoms. The van der Waals surface area contributed by atoms with Crippen molar-refractivity contribution in [1.82, 2.24) is 0 Å². The van der Waals surface area contributed by atoms with Gasteiger partial charge in [0, 0.05) is 18.1 Å². The smallest absolute Gasteiger partial charge is 0.163 e. The molecule has 1 nitrogen and oxygen atoms in total. The molecule has 0 aromatic heterocycles. The molecule has 0 saturated heterocycles. The van der Waals surface area contributed by atoms with E-state index in [2.05, 4.69) is 0 Å². The molecule has 0 fully saturated rings. The zero-order chi connectivity index (χ0) is 12.1. The van der Waals surface area contributed by atoms with Gasteiger partial charge in [0.25, 0.3) is 0 Å². The molecule has 1 aromatic carbocycles. The third-order valence-electron chi connectivity index (χ3n) is 2.81. The monoisotopic (exact) mass is 226 g/mol. The number of hydrogen-bond donors (Lipinski definition) is 0. The summed E-state index contributed by atoms with van der Waals surface area (Å²) in [6, 6.07) is 2.95. The van der Waals surface area contributed by atoms with E-state index in [1.807, 2.05) is 13.8 Å². The second-order valence-corrected chi connectivity index (χ2v) is 3.97. The van der Waals surface area contributed by atoms with Crippen LogP contribution in [0.25, 0.3) is 0 Å². The zero-order valence-electron chi connectivity index (χ0n) is 9.59. The summed E-state index contributed by atoms with van der Waals surface area (Å²) >= 11 is 0. The van der Waals surface area contributed by atoms with Crippen LogP contribution in [0.15, 0.2) is 18.2 Å². The molecule has 0 heterocycles. The van der Waals surface area contributed by atoms with E-state index in [9.17, 15) is 13.6 Å². The molecule has 3 heteroatoms. The van der Waals surface area contributed by atoms with Crippen molar-refractivity contribution in [3.8, 4) is 0 Å². The summed E-state index contributed by atoms with van der Waals surface area (Å²) < 4.78 is 25.8. The number of halogens is 2. The lowest BCUT2D eigenvalue weighted by atomic mass is 9.94. The molecule has 0 spiro atoms. The molecule has 0 N–H and O–H groups in total. The van der Waals surface area contributed by atoms with Crippen LogP contribution in [0, 0.1) is 17.6 Å². The second-order valence-electron chi connectivity index (χ2n) is 3.97. The SMILES string of the molecule is CCC(CC)CC(=O)c1cc(F)cc(F)c1. The fourth-order valence-corrected chi connectivity index (χ4v) is 1.67. The molecule has 0 bridgehead atoms. The van der Waals surface area contributed by atoms with Crippen LogP contribution < -0.4 is 0 Å². The van der Waals surface area contributed by atoms with Crippen molar-refractivity contribution < 1.29 is 13.6 Å². The molecule has 0 atom stereocenters. The third-order valence-corrected chi connectivity index (χ3v) is 2.81. The standard InChI is InChI=1S/C13H16F2O/c1-3-9(4-2)5-13(16)10-6-11(14)8-12(15)7-10/h6-9H,3-5H2,1-2H3. The third kappa shape index (κ3) is 3.40. The van der Waals surface area contributed by atoms with Gasteiger partial charge in [0.2, 0.25) is 0 Å². The average Bonchev–Trinajstić information content (AvgIpc) is 2.24. The molecule has 88 valence electrons. The molecule has 0 saturated carbocycles. The molecule has 0 aliphatic heterocycles. The molecule has 0 amide bonds. The maximum Gasteiger partial charge on any atom is 0.163 e. The Morgan fingerprint density at radius 1 is 1.12 bits per heavy atom. The van der Waals surface area contributed by atoms with Gasteiger partial charge in [0.15, 0.2) is 5.78 Å². The van der Waals surface area contributed by atoms with E-state index < -0.39 is 11.6 Å². The van der Waals surface area contributed by atoms with Gasteiger partial charge in [-0.1, -0.05) is 26.7 Å². The summed E-state index contributed by atoms with van der Waals surface area (Å²) in [7, 11) is 0. The normalized spacial score (nSPS) is 10.8. The highest BCUT2D eigenvalue weighted by molar-refractivity contribution is 5.96. The molecule has 0 aliphatic carbocycles. The van der Waals surface area contributed by atoms with Crippen LogP contribution in [0.3, 0.4) is 0 Å². The predicted octanol–water partition coefficient (Wildman–Crippen LogP) is 3.97. The lowest BCUT2D eigenvalue weighted by molar-refractivity contribution is 0.0958. The van der Waals surface area contributed by atoms with Gasteiger partial charge in [-0.3, -0.25) is 4.79 Å². The van der Waals surface area contributed by atoms with Crippen molar-refractivity contribution in [3.05, 3.63) is 35.4 Å². The number of carbonyl (C=O) groups is 1. The van der Waals surface area contributed by atoms with Crippen molar-refractivity contribution >= 4 is 5.78 Å². The Kier molecular flexibility index (Phi) is 4.59. The Balaban J connectivity index is 2.80. The van der Waals surface area contributed by atoms with Gasteiger partial charge in [-0.25, -0.2) is 8.78 Å². The number of rotatable bonds is 5. The van der Waals surface area contributed by atoms with Crippen LogP contribution >= 0.6 is 0 Å². The Morgan fingerprint density at radius 2 is 1.62 bits per heavy atom. The fourth-order valence-electron chi connectivity index (χ4n) is 1.67. The highest BCUT2D eigenvalue weighted by atomic mass is 19.1. The lowest BCUT2D eigenvalue weighted by Crippen LogP contribution is -2.08. The summed E-state index contributed by atoms with van der Waals surface area (Å²) in [4.78, 5) is 11.7. The van der Waals surface area contributed by atoms with Gasteiger partial charge in [-0.15, -0.1) is 0 Å². The van der Waals surface area contributed by atoms with E-state index in [1.54, 1.807) is 0 Å². The van der Waals surface area contributed by atoms with Gasteiger partial charge >= 0.3 is 0 Å². The van der Waals surface area contributed by atoms with Crippen LogP contribution in [0.2, 0.25) is 0 Å². The van der Waals surface area contributed by atoms with Crippen molar-refractivity contribution in [2.45, 2.75) is 33.1 Å². The molecule has 1 rings (SSSR count). The minimum absolute atomic E-state index is 0.129. The molecular weight excluding hydrogens is 210 g/mol. The first kappa shape index (κ1) is 12.8. The summed E-state index contributed by atoms with van der Waals surface area (Å²) in [5.74, 6) is -1.30. The van der Waals surface area contributed by atoms with Gasteiger partial charge in [0.05, 0.1) is 0 Å². The number of hydrogen-bond acceptors (Lipinski definition) is 1. The summed E-state index contributed by atoms with van der Waals surface area (Å²) in [6.07, 6.45) is 2.16. The summed E-state index contributed by atoms with van der Waals surface area (Å²) in [6.45, 7) is 4.02. The summed E-state index contributed by atoms with van der Waals surface area (Å²) in [5, 5.41) is 0. The molecular formula is C13H16F2O. The predicted molar refractivity (Wildman–Crippen MR) is 59.4 cm³/mol. The number of benzene rings is 1. The van der Waals surface area contributed by atoms with Crippen LogP contribution in [-0.4, -0.2) is 5.78 Å². The molecule has 0 aliphatic rings. The van der Waals surface area contributed by atoms with E-state index in [4.69, 9.17) is 0 Å². The highest BCUT2D eigenvalue weighted by Gasteiger charge is 2.13. The van der Waals surface area contributed by atoms with Crippen molar-refractivity contribution in [3.63, 3.8) is 0 Å². The average molecular weight is 226 g/mol. The van der Waals surface area contributed by atoms with E-state index in [0.717, 1.165) is 31.0 Å². The number of carbonyl (C=O) groups excluding carboxylic acids is 1. The van der Waals surface area contributed by atoms with Crippen LogP contribution in [0.4, 0.5) is 8.78 Å². The Hall–Kier alpha value is -1.25. The minimum atomic E-state index is -0.701. The van der Waals surface area contributed by atoms with E-state index >= 15 is 0 Å². The minimum Gasteiger partial charge on any atom is -0.294 e. The number of ketones is 1. The van der Waals surface area contributed by atoms with Crippen LogP contribution in [0.5, 0.6) is 0 Å². The van der Waals surface area contributed by atoms with Crippen LogP contribution in [0.1, 0.15) is 43.5 Å². The largest absolute Gasteiger partial charge is 0.294 e. The maximum atomic E-state index is 12.9. The van der Waals surface area contributed by atoms with E-state index in [1.165, 1.54) is 0 Å². The second kappa shape index (κ2) is 5.73. The quantitative estimate of drug-likeness (QED) is 0.694. The topological polar surface area (TPSA) is 17.1 Å². The van der Waals surface area contributed by atoms with E-state index in [-0.39, 0.29) is 11.3 Å².